The Kier molecular flexibility index (Phi) is 12.8. The highest BCUT2D eigenvalue weighted by Gasteiger charge is 2.05. The third-order valence-corrected chi connectivity index (χ3v) is 2.41. The normalized spacial score (nSPS) is 12.7. The maximum Gasteiger partial charge on any atom is 0.305 e. The fourth-order valence-corrected chi connectivity index (χ4v) is 1.48. The van der Waals surface area contributed by atoms with Crippen LogP contribution in [0.15, 0.2) is 0 Å². The lowest BCUT2D eigenvalue weighted by Gasteiger charge is -2.13. The maximum absolute atomic E-state index is 11.1. The molecule has 6 heteroatoms. The Hall–Kier alpha value is -0.690. The van der Waals surface area contributed by atoms with Gasteiger partial charge in [-0.25, -0.2) is 0 Å². The molecule has 0 aromatic heterocycles. The number of aliphatic hydroxyl groups is 1. The van der Waals surface area contributed by atoms with E-state index in [9.17, 15) is 9.90 Å². The first-order chi connectivity index (χ1) is 9.56. The average Bonchev–Trinajstić information content (AvgIpc) is 2.38. The number of esters is 1. The van der Waals surface area contributed by atoms with Crippen molar-refractivity contribution >= 4 is 5.97 Å². The van der Waals surface area contributed by atoms with E-state index in [2.05, 4.69) is 5.32 Å². The van der Waals surface area contributed by atoms with Crippen molar-refractivity contribution in [1.29, 1.82) is 0 Å². The molecular formula is C14H29NO5. The van der Waals surface area contributed by atoms with Crippen LogP contribution < -0.4 is 5.32 Å². The monoisotopic (exact) mass is 291 g/mol. The molecule has 6 nitrogen and oxygen atoms in total. The summed E-state index contributed by atoms with van der Waals surface area (Å²) in [5, 5.41) is 12.7. The number of hydrogen-bond donors (Lipinski definition) is 2. The molecule has 20 heavy (non-hydrogen) atoms. The van der Waals surface area contributed by atoms with E-state index in [4.69, 9.17) is 14.2 Å². The van der Waals surface area contributed by atoms with Gasteiger partial charge in [0, 0.05) is 13.0 Å². The van der Waals surface area contributed by atoms with Gasteiger partial charge >= 0.3 is 5.97 Å². The van der Waals surface area contributed by atoms with Crippen molar-refractivity contribution in [3.8, 4) is 0 Å². The van der Waals surface area contributed by atoms with E-state index in [0.717, 1.165) is 0 Å². The topological polar surface area (TPSA) is 77.0 Å². The molecule has 1 unspecified atom stereocenters. The summed E-state index contributed by atoms with van der Waals surface area (Å²) in [5.41, 5.74) is 0. The van der Waals surface area contributed by atoms with Gasteiger partial charge in [0.1, 0.15) is 0 Å². The van der Waals surface area contributed by atoms with E-state index >= 15 is 0 Å². The van der Waals surface area contributed by atoms with E-state index in [-0.39, 0.29) is 18.7 Å². The smallest absolute Gasteiger partial charge is 0.305 e. The highest BCUT2D eigenvalue weighted by molar-refractivity contribution is 5.69. The van der Waals surface area contributed by atoms with Crippen LogP contribution in [0.2, 0.25) is 0 Å². The zero-order valence-corrected chi connectivity index (χ0v) is 12.9. The minimum atomic E-state index is -0.545. The van der Waals surface area contributed by atoms with Gasteiger partial charge in [-0.3, -0.25) is 4.79 Å². The molecule has 120 valence electrons. The van der Waals surface area contributed by atoms with Gasteiger partial charge in [-0.2, -0.15) is 0 Å². The Bertz CT molecular complexity index is 236. The molecule has 0 aliphatic carbocycles. The Balaban J connectivity index is 3.28. The Morgan fingerprint density at radius 2 is 2.05 bits per heavy atom. The molecule has 0 spiro atoms. The molecule has 0 rings (SSSR count). The second-order valence-electron chi connectivity index (χ2n) is 4.76. The van der Waals surface area contributed by atoms with Crippen molar-refractivity contribution in [2.45, 2.75) is 45.8 Å². The molecule has 0 bridgehead atoms. The summed E-state index contributed by atoms with van der Waals surface area (Å²) >= 11 is 0. The molecular weight excluding hydrogens is 262 g/mol. The Morgan fingerprint density at radius 1 is 1.30 bits per heavy atom. The van der Waals surface area contributed by atoms with Crippen molar-refractivity contribution in [2.75, 3.05) is 39.5 Å². The molecule has 0 aromatic carbocycles. The summed E-state index contributed by atoms with van der Waals surface area (Å²) in [6.45, 7) is 8.58. The van der Waals surface area contributed by atoms with E-state index in [1.807, 2.05) is 13.8 Å². The van der Waals surface area contributed by atoms with Crippen molar-refractivity contribution in [3.63, 3.8) is 0 Å². The van der Waals surface area contributed by atoms with Crippen molar-refractivity contribution in [2.24, 2.45) is 0 Å². The minimum Gasteiger partial charge on any atom is -0.466 e. The third-order valence-electron chi connectivity index (χ3n) is 2.41. The number of nitrogens with one attached hydrogen (secondary N) is 1. The van der Waals surface area contributed by atoms with Crippen LogP contribution in [0, 0.1) is 0 Å². The number of aliphatic hydroxyl groups excluding tert-OH is 1. The molecule has 0 aliphatic heterocycles. The number of carbonyl (C=O) groups excluding carboxylic acids is 1. The van der Waals surface area contributed by atoms with Gasteiger partial charge in [0.2, 0.25) is 0 Å². The predicted octanol–water partition coefficient (Wildman–Crippen LogP) is 0.722. The van der Waals surface area contributed by atoms with Crippen LogP contribution in [0.25, 0.3) is 0 Å². The van der Waals surface area contributed by atoms with Crippen LogP contribution in [0.5, 0.6) is 0 Å². The Morgan fingerprint density at radius 3 is 2.70 bits per heavy atom. The highest BCUT2D eigenvalue weighted by atomic mass is 16.5. The van der Waals surface area contributed by atoms with Crippen molar-refractivity contribution < 1.29 is 24.1 Å². The van der Waals surface area contributed by atoms with Gasteiger partial charge < -0.3 is 24.6 Å². The first-order valence-electron chi connectivity index (χ1n) is 7.30. The maximum atomic E-state index is 11.1. The third kappa shape index (κ3) is 13.7. The van der Waals surface area contributed by atoms with Crippen molar-refractivity contribution in [1.82, 2.24) is 5.32 Å². The second-order valence-corrected chi connectivity index (χ2v) is 4.76. The number of hydrogen-bond acceptors (Lipinski definition) is 6. The lowest BCUT2D eigenvalue weighted by Crippen LogP contribution is -2.31. The molecule has 0 heterocycles. The van der Waals surface area contributed by atoms with E-state index < -0.39 is 6.10 Å². The quantitative estimate of drug-likeness (QED) is 0.385. The fourth-order valence-electron chi connectivity index (χ4n) is 1.48. The molecule has 0 amide bonds. The SMILES string of the molecule is CCOC(=O)CCCNCC(O)COCCOC(C)C. The van der Waals surface area contributed by atoms with Gasteiger partial charge in [-0.15, -0.1) is 0 Å². The van der Waals surface area contributed by atoms with Gasteiger partial charge in [-0.05, 0) is 33.7 Å². The number of ether oxygens (including phenoxy) is 3. The van der Waals surface area contributed by atoms with Crippen LogP contribution in [0.4, 0.5) is 0 Å². The molecule has 0 fully saturated rings. The summed E-state index contributed by atoms with van der Waals surface area (Å²) in [7, 11) is 0. The fraction of sp³-hybridized carbons (Fsp3) is 0.929. The lowest BCUT2D eigenvalue weighted by molar-refractivity contribution is -0.143. The van der Waals surface area contributed by atoms with Gasteiger partial charge in [0.25, 0.3) is 0 Å². The van der Waals surface area contributed by atoms with Crippen LogP contribution in [0.1, 0.15) is 33.6 Å². The zero-order valence-electron chi connectivity index (χ0n) is 12.9. The summed E-state index contributed by atoms with van der Waals surface area (Å²) in [6.07, 6.45) is 0.760. The summed E-state index contributed by atoms with van der Waals surface area (Å²) < 4.78 is 15.4. The zero-order chi connectivity index (χ0) is 15.2. The van der Waals surface area contributed by atoms with Crippen LogP contribution in [0.3, 0.4) is 0 Å². The molecule has 0 saturated heterocycles. The van der Waals surface area contributed by atoms with E-state index in [1.54, 1.807) is 6.92 Å². The van der Waals surface area contributed by atoms with Gasteiger partial charge in [0.15, 0.2) is 0 Å². The van der Waals surface area contributed by atoms with E-state index in [0.29, 0.717) is 45.8 Å². The van der Waals surface area contributed by atoms with E-state index in [1.165, 1.54) is 0 Å². The summed E-state index contributed by atoms with van der Waals surface area (Å²) in [4.78, 5) is 11.1. The average molecular weight is 291 g/mol. The first kappa shape index (κ1) is 19.3. The van der Waals surface area contributed by atoms with Crippen molar-refractivity contribution in [3.05, 3.63) is 0 Å². The minimum absolute atomic E-state index is 0.177. The van der Waals surface area contributed by atoms with Crippen LogP contribution in [-0.4, -0.2) is 62.8 Å². The standard InChI is InChI=1S/C14H29NO5/c1-4-19-14(17)6-5-7-15-10-13(16)11-18-8-9-20-12(2)3/h12-13,15-16H,4-11H2,1-3H3. The second kappa shape index (κ2) is 13.3. The molecule has 2 N–H and O–H groups in total. The lowest BCUT2D eigenvalue weighted by atomic mass is 10.3. The first-order valence-corrected chi connectivity index (χ1v) is 7.30. The molecule has 1 atom stereocenters. The van der Waals surface area contributed by atoms with Crippen LogP contribution >= 0.6 is 0 Å². The molecule has 0 aromatic rings. The summed E-state index contributed by atoms with van der Waals surface area (Å²) in [6, 6.07) is 0. The molecule has 0 radical (unpaired) electrons. The molecule has 0 aliphatic rings. The van der Waals surface area contributed by atoms with Gasteiger partial charge in [-0.1, -0.05) is 0 Å². The largest absolute Gasteiger partial charge is 0.466 e. The number of rotatable bonds is 13. The highest BCUT2D eigenvalue weighted by Crippen LogP contribution is 1.92. The predicted molar refractivity (Wildman–Crippen MR) is 76.7 cm³/mol. The number of carbonyl (C=O) groups is 1. The van der Waals surface area contributed by atoms with Crippen LogP contribution in [-0.2, 0) is 19.0 Å². The van der Waals surface area contributed by atoms with Gasteiger partial charge in [0.05, 0.1) is 38.6 Å². The molecule has 0 saturated carbocycles. The summed E-state index contributed by atoms with van der Waals surface area (Å²) in [5.74, 6) is -0.177. The Labute approximate surface area is 121 Å².